The molecule has 1 aromatic carbocycles. The molecule has 0 bridgehead atoms. The molecule has 0 saturated carbocycles. The Balaban J connectivity index is 1.93. The standard InChI is InChI=1S/C15H22BrN/c1-12(2)11-17-9-7-13(8-10-17)14-5-3-4-6-15(14)16/h3-6,12-13H,7-11H2,1-2H3. The minimum Gasteiger partial charge on any atom is -0.303 e. The Hall–Kier alpha value is -0.340. The van der Waals surface area contributed by atoms with Gasteiger partial charge in [-0.15, -0.1) is 0 Å². The summed E-state index contributed by atoms with van der Waals surface area (Å²) in [6, 6.07) is 8.69. The van der Waals surface area contributed by atoms with Gasteiger partial charge in [0.25, 0.3) is 0 Å². The van der Waals surface area contributed by atoms with Gasteiger partial charge in [0.15, 0.2) is 0 Å². The van der Waals surface area contributed by atoms with Crippen LogP contribution < -0.4 is 0 Å². The Morgan fingerprint density at radius 1 is 1.24 bits per heavy atom. The van der Waals surface area contributed by atoms with Crippen molar-refractivity contribution in [2.45, 2.75) is 32.6 Å². The second kappa shape index (κ2) is 6.01. The van der Waals surface area contributed by atoms with E-state index in [9.17, 15) is 0 Å². The van der Waals surface area contributed by atoms with Crippen molar-refractivity contribution >= 4 is 15.9 Å². The first kappa shape index (κ1) is 13.1. The first-order chi connectivity index (χ1) is 8.16. The SMILES string of the molecule is CC(C)CN1CCC(c2ccccc2Br)CC1. The van der Waals surface area contributed by atoms with Crippen molar-refractivity contribution in [3.05, 3.63) is 34.3 Å². The predicted molar refractivity (Wildman–Crippen MR) is 77.4 cm³/mol. The van der Waals surface area contributed by atoms with Gasteiger partial charge >= 0.3 is 0 Å². The molecule has 94 valence electrons. The molecule has 1 heterocycles. The molecule has 17 heavy (non-hydrogen) atoms. The van der Waals surface area contributed by atoms with Crippen molar-refractivity contribution in [3.63, 3.8) is 0 Å². The molecule has 1 aliphatic rings. The number of nitrogens with zero attached hydrogens (tertiary/aromatic N) is 1. The van der Waals surface area contributed by atoms with Crippen LogP contribution in [0.15, 0.2) is 28.7 Å². The maximum absolute atomic E-state index is 3.67. The molecule has 0 radical (unpaired) electrons. The fraction of sp³-hybridized carbons (Fsp3) is 0.600. The summed E-state index contributed by atoms with van der Waals surface area (Å²) >= 11 is 3.67. The number of piperidine rings is 1. The van der Waals surface area contributed by atoms with Crippen molar-refractivity contribution in [1.82, 2.24) is 4.90 Å². The third-order valence-corrected chi connectivity index (χ3v) is 4.28. The van der Waals surface area contributed by atoms with Gasteiger partial charge in [-0.05, 0) is 49.4 Å². The summed E-state index contributed by atoms with van der Waals surface area (Å²) < 4.78 is 1.28. The zero-order chi connectivity index (χ0) is 12.3. The van der Waals surface area contributed by atoms with E-state index in [1.165, 1.54) is 42.5 Å². The van der Waals surface area contributed by atoms with Gasteiger partial charge in [0.1, 0.15) is 0 Å². The van der Waals surface area contributed by atoms with Gasteiger partial charge < -0.3 is 4.90 Å². The Kier molecular flexibility index (Phi) is 4.63. The van der Waals surface area contributed by atoms with E-state index in [0.29, 0.717) is 0 Å². The zero-order valence-electron chi connectivity index (χ0n) is 10.8. The van der Waals surface area contributed by atoms with Crippen LogP contribution in [-0.2, 0) is 0 Å². The molecule has 0 aliphatic carbocycles. The van der Waals surface area contributed by atoms with E-state index in [1.807, 2.05) is 0 Å². The second-order valence-corrected chi connectivity index (χ2v) is 6.34. The van der Waals surface area contributed by atoms with Gasteiger partial charge in [-0.3, -0.25) is 0 Å². The minimum absolute atomic E-state index is 0.744. The van der Waals surface area contributed by atoms with Crippen LogP contribution in [0.4, 0.5) is 0 Å². The molecule has 0 N–H and O–H groups in total. The van der Waals surface area contributed by atoms with Crippen LogP contribution in [0.5, 0.6) is 0 Å². The molecule has 2 rings (SSSR count). The van der Waals surface area contributed by atoms with Gasteiger partial charge in [-0.2, -0.15) is 0 Å². The molecule has 0 spiro atoms. The van der Waals surface area contributed by atoms with Crippen molar-refractivity contribution in [2.75, 3.05) is 19.6 Å². The van der Waals surface area contributed by atoms with Crippen LogP contribution in [0.2, 0.25) is 0 Å². The van der Waals surface area contributed by atoms with Crippen LogP contribution in [0.1, 0.15) is 38.2 Å². The Bertz CT molecular complexity index is 354. The van der Waals surface area contributed by atoms with E-state index < -0.39 is 0 Å². The molecule has 1 aromatic rings. The first-order valence-corrected chi connectivity index (χ1v) is 7.43. The van der Waals surface area contributed by atoms with Crippen molar-refractivity contribution < 1.29 is 0 Å². The third kappa shape index (κ3) is 3.56. The topological polar surface area (TPSA) is 3.24 Å². The molecule has 0 aromatic heterocycles. The number of benzene rings is 1. The molecule has 1 saturated heterocycles. The molecule has 1 nitrogen and oxygen atoms in total. The molecule has 1 fully saturated rings. The van der Waals surface area contributed by atoms with Gasteiger partial charge in [0.2, 0.25) is 0 Å². The van der Waals surface area contributed by atoms with Crippen LogP contribution >= 0.6 is 15.9 Å². The van der Waals surface area contributed by atoms with E-state index in [0.717, 1.165) is 11.8 Å². The summed E-state index contributed by atoms with van der Waals surface area (Å²) in [7, 11) is 0. The van der Waals surface area contributed by atoms with Crippen molar-refractivity contribution in [3.8, 4) is 0 Å². The molecular weight excluding hydrogens is 274 g/mol. The highest BCUT2D eigenvalue weighted by molar-refractivity contribution is 9.10. The second-order valence-electron chi connectivity index (χ2n) is 5.49. The average molecular weight is 296 g/mol. The van der Waals surface area contributed by atoms with Gasteiger partial charge in [0.05, 0.1) is 0 Å². The van der Waals surface area contributed by atoms with Gasteiger partial charge in [-0.1, -0.05) is 48.0 Å². The lowest BCUT2D eigenvalue weighted by Gasteiger charge is -2.33. The summed E-state index contributed by atoms with van der Waals surface area (Å²) in [4.78, 5) is 2.61. The van der Waals surface area contributed by atoms with E-state index >= 15 is 0 Å². The van der Waals surface area contributed by atoms with E-state index in [1.54, 1.807) is 0 Å². The molecule has 0 atom stereocenters. The summed E-state index contributed by atoms with van der Waals surface area (Å²) in [5.41, 5.74) is 1.50. The number of rotatable bonds is 3. The quantitative estimate of drug-likeness (QED) is 0.804. The van der Waals surface area contributed by atoms with E-state index in [2.05, 4.69) is 58.9 Å². The zero-order valence-corrected chi connectivity index (χ0v) is 12.4. The first-order valence-electron chi connectivity index (χ1n) is 6.63. The fourth-order valence-corrected chi connectivity index (χ4v) is 3.36. The monoisotopic (exact) mass is 295 g/mol. The Labute approximate surface area is 113 Å². The lowest BCUT2D eigenvalue weighted by molar-refractivity contribution is 0.192. The maximum atomic E-state index is 3.67. The van der Waals surface area contributed by atoms with E-state index in [4.69, 9.17) is 0 Å². The number of hydrogen-bond donors (Lipinski definition) is 0. The lowest BCUT2D eigenvalue weighted by Crippen LogP contribution is -2.35. The number of halogens is 1. The smallest absolute Gasteiger partial charge is 0.0210 e. The average Bonchev–Trinajstić information content (AvgIpc) is 2.30. The molecule has 1 aliphatic heterocycles. The van der Waals surface area contributed by atoms with Crippen molar-refractivity contribution in [2.24, 2.45) is 5.92 Å². The van der Waals surface area contributed by atoms with Crippen LogP contribution in [0, 0.1) is 5.92 Å². The molecule has 0 amide bonds. The highest BCUT2D eigenvalue weighted by Gasteiger charge is 2.21. The molecular formula is C15H22BrN. The number of hydrogen-bond acceptors (Lipinski definition) is 1. The molecule has 0 unspecified atom stereocenters. The largest absolute Gasteiger partial charge is 0.303 e. The summed E-state index contributed by atoms with van der Waals surface area (Å²) in [6.07, 6.45) is 2.60. The summed E-state index contributed by atoms with van der Waals surface area (Å²) in [5.74, 6) is 1.53. The van der Waals surface area contributed by atoms with Crippen LogP contribution in [0.25, 0.3) is 0 Å². The van der Waals surface area contributed by atoms with Gasteiger partial charge in [0, 0.05) is 11.0 Å². The fourth-order valence-electron chi connectivity index (χ4n) is 2.75. The third-order valence-electron chi connectivity index (χ3n) is 3.56. The lowest BCUT2D eigenvalue weighted by atomic mass is 9.89. The number of likely N-dealkylation sites (tertiary alicyclic amines) is 1. The van der Waals surface area contributed by atoms with Crippen LogP contribution in [-0.4, -0.2) is 24.5 Å². The normalized spacial score (nSPS) is 18.8. The molecule has 2 heteroatoms. The minimum atomic E-state index is 0.744. The predicted octanol–water partition coefficient (Wildman–Crippen LogP) is 4.28. The Morgan fingerprint density at radius 2 is 1.88 bits per heavy atom. The summed E-state index contributed by atoms with van der Waals surface area (Å²) in [6.45, 7) is 8.37. The van der Waals surface area contributed by atoms with Gasteiger partial charge in [-0.25, -0.2) is 0 Å². The maximum Gasteiger partial charge on any atom is 0.0210 e. The van der Waals surface area contributed by atoms with E-state index in [-0.39, 0.29) is 0 Å². The summed E-state index contributed by atoms with van der Waals surface area (Å²) in [5, 5.41) is 0. The Morgan fingerprint density at radius 3 is 2.47 bits per heavy atom. The highest BCUT2D eigenvalue weighted by atomic mass is 79.9. The van der Waals surface area contributed by atoms with Crippen LogP contribution in [0.3, 0.4) is 0 Å². The highest BCUT2D eigenvalue weighted by Crippen LogP contribution is 2.32. The van der Waals surface area contributed by atoms with Crippen molar-refractivity contribution in [1.29, 1.82) is 0 Å².